The minimum absolute atomic E-state index is 0.0332. The van der Waals surface area contributed by atoms with E-state index in [2.05, 4.69) is 20.2 Å². The zero-order chi connectivity index (χ0) is 22.7. The lowest BCUT2D eigenvalue weighted by Crippen LogP contribution is -2.15. The number of fused-ring (bicyclic) bond motifs is 1. The minimum atomic E-state index is -4.15. The molecule has 2 heterocycles. The normalized spacial score (nSPS) is 11.2. The van der Waals surface area contributed by atoms with E-state index < -0.39 is 10.0 Å². The van der Waals surface area contributed by atoms with E-state index in [-0.39, 0.29) is 22.2 Å². The fourth-order valence-electron chi connectivity index (χ4n) is 3.18. The average Bonchev–Trinajstić information content (AvgIpc) is 3.20. The summed E-state index contributed by atoms with van der Waals surface area (Å²) in [5, 5.41) is 7.39. The molecule has 2 N–H and O–H groups in total. The highest BCUT2D eigenvalue weighted by atomic mass is 32.2. The van der Waals surface area contributed by atoms with Gasteiger partial charge >= 0.3 is 0 Å². The summed E-state index contributed by atoms with van der Waals surface area (Å²) in [5.74, 6) is 1.19. The first-order valence-electron chi connectivity index (χ1n) is 9.36. The predicted octanol–water partition coefficient (Wildman–Crippen LogP) is 3.79. The summed E-state index contributed by atoms with van der Waals surface area (Å²) in [6.07, 6.45) is 1.66. The second kappa shape index (κ2) is 8.63. The van der Waals surface area contributed by atoms with Gasteiger partial charge in [0.15, 0.2) is 16.3 Å². The molecule has 0 saturated heterocycles. The van der Waals surface area contributed by atoms with Crippen LogP contribution < -0.4 is 24.2 Å². The molecule has 0 saturated carbocycles. The summed E-state index contributed by atoms with van der Waals surface area (Å²) in [7, 11) is 0.0655. The van der Waals surface area contributed by atoms with Crippen LogP contribution in [0.3, 0.4) is 0 Å². The van der Waals surface area contributed by atoms with Gasteiger partial charge < -0.3 is 24.1 Å². The molecule has 0 unspecified atom stereocenters. The number of hydrogen-bond donors (Lipinski definition) is 2. The SMILES string of the molecule is COc1cccc(OC)c1S(=O)(=O)Nc1noc2cc(Nc3ccccn3)cc(OC)c12. The van der Waals surface area contributed by atoms with Gasteiger partial charge in [-0.15, -0.1) is 0 Å². The van der Waals surface area contributed by atoms with E-state index >= 15 is 0 Å². The Morgan fingerprint density at radius 1 is 0.906 bits per heavy atom. The molecule has 0 fully saturated rings. The van der Waals surface area contributed by atoms with Gasteiger partial charge in [0.1, 0.15) is 28.5 Å². The van der Waals surface area contributed by atoms with Gasteiger partial charge in [-0.25, -0.2) is 13.4 Å². The van der Waals surface area contributed by atoms with Crippen LogP contribution in [0.2, 0.25) is 0 Å². The van der Waals surface area contributed by atoms with E-state index in [4.69, 9.17) is 18.7 Å². The van der Waals surface area contributed by atoms with Crippen molar-refractivity contribution < 1.29 is 27.2 Å². The maximum Gasteiger partial charge on any atom is 0.270 e. The zero-order valence-electron chi connectivity index (χ0n) is 17.4. The van der Waals surface area contributed by atoms with Crippen molar-refractivity contribution in [1.29, 1.82) is 0 Å². The van der Waals surface area contributed by atoms with Gasteiger partial charge in [-0.05, 0) is 24.3 Å². The van der Waals surface area contributed by atoms with Crippen molar-refractivity contribution in [1.82, 2.24) is 10.1 Å². The molecule has 0 bridgehead atoms. The van der Waals surface area contributed by atoms with Crippen LogP contribution in [0.4, 0.5) is 17.3 Å². The molecule has 0 atom stereocenters. The third-order valence-electron chi connectivity index (χ3n) is 4.58. The van der Waals surface area contributed by atoms with E-state index in [1.54, 1.807) is 36.5 Å². The Hall–Kier alpha value is -3.99. The number of anilines is 3. The highest BCUT2D eigenvalue weighted by Gasteiger charge is 2.28. The van der Waals surface area contributed by atoms with E-state index in [1.807, 2.05) is 6.07 Å². The van der Waals surface area contributed by atoms with E-state index in [0.29, 0.717) is 28.2 Å². The number of pyridine rings is 1. The average molecular weight is 456 g/mol. The Morgan fingerprint density at radius 2 is 1.62 bits per heavy atom. The molecule has 11 heteroatoms. The van der Waals surface area contributed by atoms with Crippen LogP contribution in [0.5, 0.6) is 17.2 Å². The summed E-state index contributed by atoms with van der Waals surface area (Å²) in [4.78, 5) is 4.06. The maximum atomic E-state index is 13.2. The second-order valence-electron chi connectivity index (χ2n) is 6.52. The van der Waals surface area contributed by atoms with Crippen LogP contribution in [0.15, 0.2) is 64.1 Å². The standard InChI is InChI=1S/C21H20N4O6S/c1-28-14-7-6-8-15(29-2)20(14)32(26,27)25-21-19-16(30-3)11-13(12-17(19)31-24-21)23-18-9-4-5-10-22-18/h4-12H,1-3H3,(H,22,23)(H,24,25). The third-order valence-corrected chi connectivity index (χ3v) is 5.98. The number of methoxy groups -OCH3 is 3. The fourth-order valence-corrected chi connectivity index (χ4v) is 4.51. The molecule has 2 aromatic carbocycles. The predicted molar refractivity (Wildman–Crippen MR) is 118 cm³/mol. The largest absolute Gasteiger partial charge is 0.496 e. The number of nitrogens with one attached hydrogen (secondary N) is 2. The second-order valence-corrected chi connectivity index (χ2v) is 8.14. The summed E-state index contributed by atoms with van der Waals surface area (Å²) in [6, 6.07) is 13.5. The third kappa shape index (κ3) is 3.97. The minimum Gasteiger partial charge on any atom is -0.496 e. The summed E-state index contributed by atoms with van der Waals surface area (Å²) in [6.45, 7) is 0. The monoisotopic (exact) mass is 456 g/mol. The highest BCUT2D eigenvalue weighted by molar-refractivity contribution is 7.93. The van der Waals surface area contributed by atoms with Gasteiger partial charge in [-0.2, -0.15) is 0 Å². The number of sulfonamides is 1. The Bertz CT molecular complexity index is 1330. The van der Waals surface area contributed by atoms with E-state index in [1.165, 1.54) is 33.5 Å². The summed E-state index contributed by atoms with van der Waals surface area (Å²) in [5.41, 5.74) is 0.942. The summed E-state index contributed by atoms with van der Waals surface area (Å²) < 4.78 is 50.1. The first kappa shape index (κ1) is 21.2. The highest BCUT2D eigenvalue weighted by Crippen LogP contribution is 2.39. The molecular weight excluding hydrogens is 436 g/mol. The number of nitrogens with zero attached hydrogens (tertiary/aromatic N) is 2. The Labute approximate surface area is 184 Å². The molecule has 166 valence electrons. The lowest BCUT2D eigenvalue weighted by molar-refractivity contribution is 0.373. The first-order chi connectivity index (χ1) is 15.5. The molecule has 0 aliphatic heterocycles. The Balaban J connectivity index is 1.75. The Kier molecular flexibility index (Phi) is 5.73. The molecule has 0 aliphatic carbocycles. The van der Waals surface area contributed by atoms with Crippen molar-refractivity contribution in [2.24, 2.45) is 0 Å². The number of aromatic nitrogens is 2. The van der Waals surface area contributed by atoms with Crippen molar-refractivity contribution in [3.63, 3.8) is 0 Å². The van der Waals surface area contributed by atoms with Crippen LogP contribution >= 0.6 is 0 Å². The van der Waals surface area contributed by atoms with Crippen LogP contribution in [0.1, 0.15) is 0 Å². The molecule has 4 rings (SSSR count). The van der Waals surface area contributed by atoms with Gasteiger partial charge in [-0.3, -0.25) is 4.72 Å². The Morgan fingerprint density at radius 3 is 2.25 bits per heavy atom. The molecule has 2 aromatic heterocycles. The number of benzene rings is 2. The van der Waals surface area contributed by atoms with Gasteiger partial charge in [0, 0.05) is 24.0 Å². The molecule has 0 radical (unpaired) electrons. The summed E-state index contributed by atoms with van der Waals surface area (Å²) >= 11 is 0. The topological polar surface area (TPSA) is 125 Å². The van der Waals surface area contributed by atoms with Gasteiger partial charge in [0.2, 0.25) is 0 Å². The zero-order valence-corrected chi connectivity index (χ0v) is 18.3. The van der Waals surface area contributed by atoms with Crippen LogP contribution in [-0.2, 0) is 10.0 Å². The molecule has 0 spiro atoms. The van der Waals surface area contributed by atoms with Crippen molar-refractivity contribution in [2.45, 2.75) is 4.90 Å². The van der Waals surface area contributed by atoms with E-state index in [9.17, 15) is 8.42 Å². The molecule has 10 nitrogen and oxygen atoms in total. The molecular formula is C21H20N4O6S. The smallest absolute Gasteiger partial charge is 0.270 e. The number of ether oxygens (including phenoxy) is 3. The maximum absolute atomic E-state index is 13.2. The number of hydrogen-bond acceptors (Lipinski definition) is 9. The van der Waals surface area contributed by atoms with Crippen LogP contribution in [0, 0.1) is 0 Å². The quantitative estimate of drug-likeness (QED) is 0.407. The lowest BCUT2D eigenvalue weighted by atomic mass is 10.2. The lowest BCUT2D eigenvalue weighted by Gasteiger charge is -2.14. The van der Waals surface area contributed by atoms with Crippen molar-refractivity contribution in [3.8, 4) is 17.2 Å². The molecule has 0 amide bonds. The van der Waals surface area contributed by atoms with Crippen molar-refractivity contribution in [3.05, 3.63) is 54.7 Å². The molecule has 0 aliphatic rings. The van der Waals surface area contributed by atoms with Gasteiger partial charge in [0.05, 0.1) is 21.3 Å². The molecule has 4 aromatic rings. The van der Waals surface area contributed by atoms with Crippen molar-refractivity contribution in [2.75, 3.05) is 31.4 Å². The van der Waals surface area contributed by atoms with Crippen molar-refractivity contribution >= 4 is 38.3 Å². The van der Waals surface area contributed by atoms with Crippen LogP contribution in [-0.4, -0.2) is 39.9 Å². The van der Waals surface area contributed by atoms with Gasteiger partial charge in [0.25, 0.3) is 10.0 Å². The number of rotatable bonds is 8. The van der Waals surface area contributed by atoms with Crippen LogP contribution in [0.25, 0.3) is 11.0 Å². The van der Waals surface area contributed by atoms with Gasteiger partial charge in [-0.1, -0.05) is 17.3 Å². The first-order valence-corrected chi connectivity index (χ1v) is 10.8. The molecule has 32 heavy (non-hydrogen) atoms. The fraction of sp³-hybridized carbons (Fsp3) is 0.143. The van der Waals surface area contributed by atoms with E-state index in [0.717, 1.165) is 0 Å².